The van der Waals surface area contributed by atoms with Crippen molar-refractivity contribution in [3.63, 3.8) is 0 Å². The smallest absolute Gasteiger partial charge is 0.339 e. The summed E-state index contributed by atoms with van der Waals surface area (Å²) >= 11 is 0. The van der Waals surface area contributed by atoms with Crippen molar-refractivity contribution in [3.05, 3.63) is 181 Å². The van der Waals surface area contributed by atoms with E-state index in [0.717, 1.165) is 10.6 Å². The Balaban J connectivity index is 0.000000200. The number of carbonyl (C=O) groups is 2. The Kier molecular flexibility index (Phi) is 12.5. The van der Waals surface area contributed by atoms with Crippen molar-refractivity contribution >= 4 is 59.6 Å². The van der Waals surface area contributed by atoms with Crippen LogP contribution in [0, 0.1) is 0 Å². The molecule has 0 saturated carbocycles. The Morgan fingerprint density at radius 2 is 0.578 bits per heavy atom. The molecular weight excluding hydrogens is 689 g/mol. The Morgan fingerprint density at radius 3 is 0.822 bits per heavy atom. The molecule has 0 saturated heterocycles. The van der Waals surface area contributed by atoms with Crippen LogP contribution in [-0.4, -0.2) is 22.2 Å². The summed E-state index contributed by atoms with van der Waals surface area (Å²) < 4.78 is 0. The number of hydrogen-bond donors (Lipinski definition) is 2. The normalized spacial score (nSPS) is 10.4. The van der Waals surface area contributed by atoms with E-state index in [2.05, 4.69) is 48.5 Å². The van der Waals surface area contributed by atoms with E-state index in [1.54, 1.807) is 24.3 Å². The van der Waals surface area contributed by atoms with Crippen LogP contribution >= 0.6 is 15.8 Å². The van der Waals surface area contributed by atoms with Gasteiger partial charge in [-0.2, -0.15) is 0 Å². The topological polar surface area (TPSA) is 74.6 Å². The van der Waals surface area contributed by atoms with Crippen LogP contribution in [0.1, 0.15) is 20.7 Å². The summed E-state index contributed by atoms with van der Waals surface area (Å²) in [5, 5.41) is 25.6. The zero-order valence-electron chi connectivity index (χ0n) is 24.2. The van der Waals surface area contributed by atoms with Gasteiger partial charge in [0.2, 0.25) is 0 Å². The number of carboxylic acids is 2. The Labute approximate surface area is 279 Å². The molecule has 0 radical (unpaired) electrons. The summed E-state index contributed by atoms with van der Waals surface area (Å²) in [7, 11) is -2.67. The van der Waals surface area contributed by atoms with Gasteiger partial charge in [-0.1, -0.05) is 97.1 Å². The maximum atomic E-state index is 11.6. The minimum Gasteiger partial charge on any atom is -0.478 e. The van der Waals surface area contributed by atoms with Crippen LogP contribution in [0.5, 0.6) is 0 Å². The molecule has 0 heterocycles. The molecule has 0 aromatic heterocycles. The van der Waals surface area contributed by atoms with Crippen molar-refractivity contribution in [1.29, 1.82) is 0 Å². The van der Waals surface area contributed by atoms with Gasteiger partial charge in [0.15, 0.2) is 0 Å². The van der Waals surface area contributed by atoms with Crippen molar-refractivity contribution in [2.75, 3.05) is 0 Å². The molecule has 6 rings (SSSR count). The second-order valence-corrected chi connectivity index (χ2v) is 14.8. The molecule has 0 atom stereocenters. The van der Waals surface area contributed by atoms with Crippen LogP contribution in [0.25, 0.3) is 0 Å². The van der Waals surface area contributed by atoms with E-state index >= 15 is 0 Å². The van der Waals surface area contributed by atoms with Crippen molar-refractivity contribution in [2.45, 2.75) is 0 Å². The van der Waals surface area contributed by atoms with Crippen LogP contribution < -0.4 is 31.8 Å². The van der Waals surface area contributed by atoms with E-state index in [0.29, 0.717) is 11.1 Å². The number of carboxylic acid groups (broad SMARTS) is 2. The molecule has 45 heavy (non-hydrogen) atoms. The third-order valence-electron chi connectivity index (χ3n) is 7.10. The number of benzene rings is 6. The molecule has 0 aliphatic carbocycles. The second-order valence-electron chi connectivity index (χ2n) is 9.92. The molecule has 0 fully saturated rings. The summed E-state index contributed by atoms with van der Waals surface area (Å²) in [5.74, 6) is -1.74. The van der Waals surface area contributed by atoms with E-state index in [1.807, 2.05) is 97.1 Å². The first kappa shape index (κ1) is 33.7. The SMILES string of the molecule is O=C(O)c1ccccc1[PH+](c1ccccc1)c1ccccc1.O=C(O)c1ccccc1[PH+](c1ccccc1)c1ccccc1.[Pd]. The molecule has 6 aromatic carbocycles. The molecule has 0 unspecified atom stereocenters. The molecule has 0 bridgehead atoms. The van der Waals surface area contributed by atoms with Gasteiger partial charge in [-0.3, -0.25) is 0 Å². The maximum absolute atomic E-state index is 11.6. The van der Waals surface area contributed by atoms with E-state index in [4.69, 9.17) is 0 Å². The van der Waals surface area contributed by atoms with Crippen molar-refractivity contribution in [1.82, 2.24) is 0 Å². The molecule has 6 aromatic rings. The van der Waals surface area contributed by atoms with Gasteiger partial charge in [0, 0.05) is 20.4 Å². The van der Waals surface area contributed by atoms with Crippen LogP contribution in [0.3, 0.4) is 0 Å². The molecule has 4 nitrogen and oxygen atoms in total. The summed E-state index contributed by atoms with van der Waals surface area (Å²) in [6.07, 6.45) is 0. The Morgan fingerprint density at radius 1 is 0.356 bits per heavy atom. The molecule has 0 amide bonds. The molecular formula is C38H32O4P2Pd+2. The summed E-state index contributed by atoms with van der Waals surface area (Å²) in [6.45, 7) is 0. The molecule has 226 valence electrons. The average Bonchev–Trinajstić information content (AvgIpc) is 3.08. The Hall–Kier alpha value is -4.22. The van der Waals surface area contributed by atoms with Gasteiger partial charge in [0.05, 0.1) is 15.8 Å². The number of hydrogen-bond acceptors (Lipinski definition) is 2. The maximum Gasteiger partial charge on any atom is 0.339 e. The van der Waals surface area contributed by atoms with Crippen LogP contribution in [0.4, 0.5) is 0 Å². The van der Waals surface area contributed by atoms with Gasteiger partial charge in [0.25, 0.3) is 0 Å². The summed E-state index contributed by atoms with van der Waals surface area (Å²) in [4.78, 5) is 23.2. The zero-order valence-corrected chi connectivity index (χ0v) is 27.7. The fourth-order valence-electron chi connectivity index (χ4n) is 5.15. The number of rotatable bonds is 8. The van der Waals surface area contributed by atoms with Gasteiger partial charge in [-0.25, -0.2) is 9.59 Å². The van der Waals surface area contributed by atoms with Gasteiger partial charge in [-0.15, -0.1) is 0 Å². The second kappa shape index (κ2) is 16.7. The van der Waals surface area contributed by atoms with Crippen LogP contribution in [0.15, 0.2) is 170 Å². The first-order valence-electron chi connectivity index (χ1n) is 14.2. The molecule has 7 heteroatoms. The Bertz CT molecular complexity index is 1600. The summed E-state index contributed by atoms with van der Waals surface area (Å²) in [5.41, 5.74) is 0.785. The molecule has 2 N–H and O–H groups in total. The van der Waals surface area contributed by atoms with Crippen molar-refractivity contribution in [3.8, 4) is 0 Å². The van der Waals surface area contributed by atoms with Gasteiger partial charge < -0.3 is 10.2 Å². The predicted molar refractivity (Wildman–Crippen MR) is 187 cm³/mol. The first-order valence-corrected chi connectivity index (χ1v) is 17.2. The third kappa shape index (κ3) is 8.49. The minimum atomic E-state index is -1.33. The minimum absolute atomic E-state index is 0. The van der Waals surface area contributed by atoms with Crippen molar-refractivity contribution in [2.24, 2.45) is 0 Å². The van der Waals surface area contributed by atoms with E-state index in [-0.39, 0.29) is 20.4 Å². The van der Waals surface area contributed by atoms with E-state index in [1.165, 1.54) is 21.2 Å². The average molecular weight is 721 g/mol. The zero-order chi connectivity index (χ0) is 30.7. The van der Waals surface area contributed by atoms with Gasteiger partial charge >= 0.3 is 11.9 Å². The van der Waals surface area contributed by atoms with E-state index < -0.39 is 27.8 Å². The molecule has 0 spiro atoms. The third-order valence-corrected chi connectivity index (χ3v) is 12.7. The van der Waals surface area contributed by atoms with Crippen LogP contribution in [0.2, 0.25) is 0 Å². The van der Waals surface area contributed by atoms with E-state index in [9.17, 15) is 19.8 Å². The molecule has 0 aliphatic rings. The monoisotopic (exact) mass is 720 g/mol. The largest absolute Gasteiger partial charge is 0.478 e. The number of aromatic carboxylic acids is 2. The summed E-state index contributed by atoms with van der Waals surface area (Å²) in [6, 6.07) is 55.3. The first-order chi connectivity index (χ1) is 21.5. The van der Waals surface area contributed by atoms with Gasteiger partial charge in [0.1, 0.15) is 43.0 Å². The van der Waals surface area contributed by atoms with Gasteiger partial charge in [-0.05, 0) is 72.8 Å². The standard InChI is InChI=1S/2C19H15O2P.Pd/c2*20-19(21)17-13-7-8-14-18(17)22(15-9-3-1-4-10-15)16-11-5-2-6-12-16;/h2*1-14H,(H,20,21);/p+2. The predicted octanol–water partition coefficient (Wildman–Crippen LogP) is 5.75. The fraction of sp³-hybridized carbons (Fsp3) is 0. The fourth-order valence-corrected chi connectivity index (χ4v) is 10.6. The van der Waals surface area contributed by atoms with Crippen molar-refractivity contribution < 1.29 is 40.2 Å². The molecule has 0 aliphatic heterocycles. The quantitative estimate of drug-likeness (QED) is 0.155. The van der Waals surface area contributed by atoms with Crippen LogP contribution in [-0.2, 0) is 20.4 Å².